The van der Waals surface area contributed by atoms with E-state index in [4.69, 9.17) is 0 Å². The molecule has 5 heteroatoms. The Bertz CT molecular complexity index is 537. The lowest BCUT2D eigenvalue weighted by Crippen LogP contribution is -2.28. The smallest absolute Gasteiger partial charge is 0.150 e. The van der Waals surface area contributed by atoms with Crippen LogP contribution in [0.5, 0.6) is 0 Å². The monoisotopic (exact) mass is 269 g/mol. The standard InChI is InChI=1S/C15H19N5/c1-2-13(10-12-4-6-16-7-5-12)19-14(3-1)20-15-11-17-8-9-18-15/h1-3,8-9,11-12,16H,4-7,10H2,(H,18,19,20). The highest BCUT2D eigenvalue weighted by molar-refractivity contribution is 5.50. The minimum atomic E-state index is 0.721. The van der Waals surface area contributed by atoms with Crippen molar-refractivity contribution in [3.05, 3.63) is 42.5 Å². The van der Waals surface area contributed by atoms with Gasteiger partial charge in [0.25, 0.3) is 0 Å². The van der Waals surface area contributed by atoms with Crippen LogP contribution in [-0.4, -0.2) is 28.0 Å². The number of pyridine rings is 1. The summed E-state index contributed by atoms with van der Waals surface area (Å²) in [6, 6.07) is 6.10. The van der Waals surface area contributed by atoms with Crippen molar-refractivity contribution < 1.29 is 0 Å². The van der Waals surface area contributed by atoms with Crippen LogP contribution < -0.4 is 10.6 Å². The van der Waals surface area contributed by atoms with Crippen molar-refractivity contribution >= 4 is 11.6 Å². The van der Waals surface area contributed by atoms with Crippen LogP contribution in [0.3, 0.4) is 0 Å². The van der Waals surface area contributed by atoms with Gasteiger partial charge in [-0.05, 0) is 50.4 Å². The van der Waals surface area contributed by atoms with E-state index in [1.165, 1.54) is 12.8 Å². The molecule has 0 aliphatic carbocycles. The highest BCUT2D eigenvalue weighted by atomic mass is 15.1. The molecule has 3 heterocycles. The van der Waals surface area contributed by atoms with Gasteiger partial charge in [0, 0.05) is 18.1 Å². The molecule has 20 heavy (non-hydrogen) atoms. The summed E-state index contributed by atoms with van der Waals surface area (Å²) in [6.07, 6.45) is 8.55. The lowest BCUT2D eigenvalue weighted by atomic mass is 9.93. The van der Waals surface area contributed by atoms with Gasteiger partial charge in [0.1, 0.15) is 11.6 Å². The first-order valence-corrected chi connectivity index (χ1v) is 7.10. The van der Waals surface area contributed by atoms with E-state index in [-0.39, 0.29) is 0 Å². The minimum absolute atomic E-state index is 0.721. The molecule has 0 unspecified atom stereocenters. The van der Waals surface area contributed by atoms with Crippen molar-refractivity contribution in [1.29, 1.82) is 0 Å². The topological polar surface area (TPSA) is 62.7 Å². The lowest BCUT2D eigenvalue weighted by molar-refractivity contribution is 0.370. The maximum atomic E-state index is 4.66. The summed E-state index contributed by atoms with van der Waals surface area (Å²) in [4.78, 5) is 12.9. The molecular weight excluding hydrogens is 250 g/mol. The highest BCUT2D eigenvalue weighted by Gasteiger charge is 2.14. The number of hydrogen-bond donors (Lipinski definition) is 2. The van der Waals surface area contributed by atoms with E-state index in [0.717, 1.165) is 42.8 Å². The first kappa shape index (κ1) is 13.0. The van der Waals surface area contributed by atoms with Gasteiger partial charge in [-0.1, -0.05) is 6.07 Å². The average Bonchev–Trinajstić information content (AvgIpc) is 2.50. The number of nitrogens with one attached hydrogen (secondary N) is 2. The zero-order valence-corrected chi connectivity index (χ0v) is 11.4. The van der Waals surface area contributed by atoms with Crippen LogP contribution in [0.25, 0.3) is 0 Å². The molecular formula is C15H19N5. The van der Waals surface area contributed by atoms with E-state index >= 15 is 0 Å². The van der Waals surface area contributed by atoms with Gasteiger partial charge in [-0.3, -0.25) is 4.98 Å². The number of rotatable bonds is 4. The molecule has 1 saturated heterocycles. The highest BCUT2D eigenvalue weighted by Crippen LogP contribution is 2.18. The van der Waals surface area contributed by atoms with E-state index < -0.39 is 0 Å². The SMILES string of the molecule is c1cc(CC2CCNCC2)nc(Nc2cnccn2)c1. The Balaban J connectivity index is 1.66. The largest absolute Gasteiger partial charge is 0.324 e. The van der Waals surface area contributed by atoms with Crippen molar-refractivity contribution in [2.45, 2.75) is 19.3 Å². The Labute approximate surface area is 118 Å². The molecule has 104 valence electrons. The molecule has 0 atom stereocenters. The second kappa shape index (κ2) is 6.43. The fourth-order valence-electron chi connectivity index (χ4n) is 2.54. The third kappa shape index (κ3) is 3.51. The fourth-order valence-corrected chi connectivity index (χ4v) is 2.54. The second-order valence-corrected chi connectivity index (χ2v) is 5.13. The van der Waals surface area contributed by atoms with Gasteiger partial charge in [-0.25, -0.2) is 9.97 Å². The number of nitrogens with zero attached hydrogens (tertiary/aromatic N) is 3. The lowest BCUT2D eigenvalue weighted by Gasteiger charge is -2.22. The summed E-state index contributed by atoms with van der Waals surface area (Å²) in [5.41, 5.74) is 1.14. The quantitative estimate of drug-likeness (QED) is 0.890. The minimum Gasteiger partial charge on any atom is -0.324 e. The molecule has 1 aliphatic rings. The van der Waals surface area contributed by atoms with E-state index in [2.05, 4.69) is 31.7 Å². The predicted molar refractivity (Wildman–Crippen MR) is 78.8 cm³/mol. The van der Waals surface area contributed by atoms with Crippen molar-refractivity contribution in [2.75, 3.05) is 18.4 Å². The first-order valence-electron chi connectivity index (χ1n) is 7.10. The molecule has 0 spiro atoms. The van der Waals surface area contributed by atoms with E-state index in [1.54, 1.807) is 18.6 Å². The molecule has 2 aromatic rings. The Kier molecular flexibility index (Phi) is 4.18. The number of hydrogen-bond acceptors (Lipinski definition) is 5. The summed E-state index contributed by atoms with van der Waals surface area (Å²) in [6.45, 7) is 2.25. The van der Waals surface area contributed by atoms with Crippen molar-refractivity contribution in [2.24, 2.45) is 5.92 Å². The number of piperidine rings is 1. The Morgan fingerprint density at radius 3 is 2.85 bits per heavy atom. The molecule has 3 rings (SSSR count). The zero-order valence-electron chi connectivity index (χ0n) is 11.4. The molecule has 2 aromatic heterocycles. The fraction of sp³-hybridized carbons (Fsp3) is 0.400. The van der Waals surface area contributed by atoms with Crippen molar-refractivity contribution in [3.8, 4) is 0 Å². The Hall–Kier alpha value is -2.01. The van der Waals surface area contributed by atoms with Crippen molar-refractivity contribution in [1.82, 2.24) is 20.3 Å². The van der Waals surface area contributed by atoms with Gasteiger partial charge in [0.05, 0.1) is 6.20 Å². The molecule has 5 nitrogen and oxygen atoms in total. The van der Waals surface area contributed by atoms with Gasteiger partial charge in [-0.2, -0.15) is 0 Å². The average molecular weight is 269 g/mol. The first-order chi connectivity index (χ1) is 9.90. The van der Waals surface area contributed by atoms with Crippen LogP contribution in [0.15, 0.2) is 36.8 Å². The van der Waals surface area contributed by atoms with E-state index in [0.29, 0.717) is 0 Å². The normalized spacial score (nSPS) is 16.0. The maximum absolute atomic E-state index is 4.66. The number of anilines is 2. The zero-order chi connectivity index (χ0) is 13.6. The van der Waals surface area contributed by atoms with Gasteiger partial charge in [0.15, 0.2) is 0 Å². The van der Waals surface area contributed by atoms with Crippen molar-refractivity contribution in [3.63, 3.8) is 0 Å². The molecule has 0 aromatic carbocycles. The third-order valence-corrected chi connectivity index (χ3v) is 3.58. The maximum Gasteiger partial charge on any atom is 0.150 e. The molecule has 0 amide bonds. The van der Waals surface area contributed by atoms with E-state index in [9.17, 15) is 0 Å². The molecule has 1 fully saturated rings. The number of aromatic nitrogens is 3. The molecule has 0 saturated carbocycles. The molecule has 2 N–H and O–H groups in total. The molecule has 0 radical (unpaired) electrons. The van der Waals surface area contributed by atoms with Crippen LogP contribution in [0.4, 0.5) is 11.6 Å². The summed E-state index contributed by atoms with van der Waals surface area (Å²) < 4.78 is 0. The summed E-state index contributed by atoms with van der Waals surface area (Å²) in [5.74, 6) is 2.30. The van der Waals surface area contributed by atoms with Crippen LogP contribution in [0.1, 0.15) is 18.5 Å². The second-order valence-electron chi connectivity index (χ2n) is 5.13. The van der Waals surface area contributed by atoms with Gasteiger partial charge in [-0.15, -0.1) is 0 Å². The summed E-state index contributed by atoms with van der Waals surface area (Å²) >= 11 is 0. The van der Waals surface area contributed by atoms with E-state index in [1.807, 2.05) is 12.1 Å². The summed E-state index contributed by atoms with van der Waals surface area (Å²) in [7, 11) is 0. The van der Waals surface area contributed by atoms with Crippen LogP contribution in [-0.2, 0) is 6.42 Å². The Morgan fingerprint density at radius 1 is 1.15 bits per heavy atom. The van der Waals surface area contributed by atoms with Crippen LogP contribution in [0.2, 0.25) is 0 Å². The van der Waals surface area contributed by atoms with Crippen LogP contribution >= 0.6 is 0 Å². The Morgan fingerprint density at radius 2 is 2.05 bits per heavy atom. The summed E-state index contributed by atoms with van der Waals surface area (Å²) in [5, 5.41) is 6.58. The molecule has 0 bridgehead atoms. The predicted octanol–water partition coefficient (Wildman–Crippen LogP) is 2.16. The van der Waals surface area contributed by atoms with Gasteiger partial charge >= 0.3 is 0 Å². The third-order valence-electron chi connectivity index (χ3n) is 3.58. The van der Waals surface area contributed by atoms with Gasteiger partial charge in [0.2, 0.25) is 0 Å². The molecule has 1 aliphatic heterocycles. The van der Waals surface area contributed by atoms with Gasteiger partial charge < -0.3 is 10.6 Å². The van der Waals surface area contributed by atoms with Crippen LogP contribution in [0, 0.1) is 5.92 Å².